The molecule has 2 aromatic rings. The minimum Gasteiger partial charge on any atom is -0.434 e. The molecule has 0 unspecified atom stereocenters. The first-order valence-electron chi connectivity index (χ1n) is 5.31. The minimum absolute atomic E-state index is 0.225. The van der Waals surface area contributed by atoms with Crippen molar-refractivity contribution in [3.63, 3.8) is 0 Å². The Morgan fingerprint density at radius 2 is 2.22 bits per heavy atom. The highest BCUT2D eigenvalue weighted by Crippen LogP contribution is 2.27. The molecule has 0 saturated carbocycles. The van der Waals surface area contributed by atoms with Crippen molar-refractivity contribution < 1.29 is 4.74 Å². The van der Waals surface area contributed by atoms with Gasteiger partial charge in [0.1, 0.15) is 5.02 Å². The number of hydrogen-bond donors (Lipinski definition) is 2. The van der Waals surface area contributed by atoms with Gasteiger partial charge in [0.15, 0.2) is 5.75 Å². The Morgan fingerprint density at radius 1 is 1.44 bits per heavy atom. The molecule has 2 aromatic heterocycles. The fraction of sp³-hybridized carbons (Fsp3) is 0.300. The summed E-state index contributed by atoms with van der Waals surface area (Å²) in [5.74, 6) is 6.22. The lowest BCUT2D eigenvalue weighted by Crippen LogP contribution is -2.10. The number of nitrogens with one attached hydrogen (secondary N) is 1. The zero-order chi connectivity index (χ0) is 13.1. The predicted molar refractivity (Wildman–Crippen MR) is 67.5 cm³/mol. The molecular formula is C10H13ClN6O. The molecule has 8 heteroatoms. The Balaban J connectivity index is 2.22. The predicted octanol–water partition coefficient (Wildman–Crippen LogP) is 1.99. The Hall–Kier alpha value is -1.86. The zero-order valence-electron chi connectivity index (χ0n) is 9.96. The van der Waals surface area contributed by atoms with E-state index in [1.54, 1.807) is 17.1 Å². The summed E-state index contributed by atoms with van der Waals surface area (Å²) in [6, 6.07) is 0.254. The van der Waals surface area contributed by atoms with Crippen LogP contribution in [0.5, 0.6) is 11.6 Å². The van der Waals surface area contributed by atoms with Gasteiger partial charge in [-0.25, -0.2) is 10.8 Å². The molecular weight excluding hydrogens is 256 g/mol. The molecule has 0 bridgehead atoms. The average molecular weight is 269 g/mol. The van der Waals surface area contributed by atoms with Gasteiger partial charge in [0, 0.05) is 6.04 Å². The molecule has 0 atom stereocenters. The van der Waals surface area contributed by atoms with Crippen molar-refractivity contribution in [3.05, 3.63) is 23.6 Å². The number of hydrogen-bond acceptors (Lipinski definition) is 6. The smallest absolute Gasteiger partial charge is 0.243 e. The number of nitrogens with two attached hydrogens (primary N) is 1. The second-order valence-corrected chi connectivity index (χ2v) is 4.25. The SMILES string of the molecule is CC(C)n1cc(Oc2nc(NN)ncc2Cl)cn1. The number of anilines is 1. The van der Waals surface area contributed by atoms with Crippen LogP contribution in [0.25, 0.3) is 0 Å². The van der Waals surface area contributed by atoms with E-state index in [0.717, 1.165) is 0 Å². The van der Waals surface area contributed by atoms with Gasteiger partial charge in [-0.05, 0) is 13.8 Å². The fourth-order valence-corrected chi connectivity index (χ4v) is 1.39. The maximum Gasteiger partial charge on any atom is 0.243 e. The first kappa shape index (κ1) is 12.6. The van der Waals surface area contributed by atoms with E-state index in [4.69, 9.17) is 22.2 Å². The quantitative estimate of drug-likeness (QED) is 0.651. The monoisotopic (exact) mass is 268 g/mol. The van der Waals surface area contributed by atoms with Crippen LogP contribution in [-0.4, -0.2) is 19.7 Å². The molecule has 0 aliphatic heterocycles. The molecule has 0 saturated heterocycles. The Morgan fingerprint density at radius 3 is 2.83 bits per heavy atom. The van der Waals surface area contributed by atoms with E-state index in [9.17, 15) is 0 Å². The van der Waals surface area contributed by atoms with Crippen molar-refractivity contribution in [1.29, 1.82) is 0 Å². The Bertz CT molecular complexity index is 541. The molecule has 3 N–H and O–H groups in total. The van der Waals surface area contributed by atoms with Crippen LogP contribution in [-0.2, 0) is 0 Å². The lowest BCUT2D eigenvalue weighted by atomic mass is 10.4. The minimum atomic E-state index is 0.225. The molecule has 96 valence electrons. The lowest BCUT2D eigenvalue weighted by Gasteiger charge is -2.06. The van der Waals surface area contributed by atoms with Gasteiger partial charge in [-0.15, -0.1) is 0 Å². The topological polar surface area (TPSA) is 90.9 Å². The van der Waals surface area contributed by atoms with Crippen LogP contribution in [0.1, 0.15) is 19.9 Å². The van der Waals surface area contributed by atoms with Gasteiger partial charge >= 0.3 is 0 Å². The highest BCUT2D eigenvalue weighted by molar-refractivity contribution is 6.31. The van der Waals surface area contributed by atoms with E-state index >= 15 is 0 Å². The summed E-state index contributed by atoms with van der Waals surface area (Å²) in [5.41, 5.74) is 2.32. The van der Waals surface area contributed by atoms with E-state index < -0.39 is 0 Å². The fourth-order valence-electron chi connectivity index (χ4n) is 1.26. The number of rotatable bonds is 4. The van der Waals surface area contributed by atoms with Gasteiger partial charge < -0.3 is 4.74 Å². The molecule has 0 amide bonds. The summed E-state index contributed by atoms with van der Waals surface area (Å²) < 4.78 is 7.29. The maximum atomic E-state index is 5.93. The summed E-state index contributed by atoms with van der Waals surface area (Å²) in [4.78, 5) is 7.85. The van der Waals surface area contributed by atoms with Crippen molar-refractivity contribution in [1.82, 2.24) is 19.7 Å². The number of ether oxygens (including phenoxy) is 1. The largest absolute Gasteiger partial charge is 0.434 e. The van der Waals surface area contributed by atoms with E-state index in [2.05, 4.69) is 20.5 Å². The molecule has 2 heterocycles. The van der Waals surface area contributed by atoms with Gasteiger partial charge in [-0.3, -0.25) is 10.1 Å². The third-order valence-corrected chi connectivity index (χ3v) is 2.42. The molecule has 7 nitrogen and oxygen atoms in total. The second kappa shape index (κ2) is 5.19. The number of nitrogens with zero attached hydrogens (tertiary/aromatic N) is 4. The van der Waals surface area contributed by atoms with Gasteiger partial charge in [0.05, 0.1) is 18.6 Å². The molecule has 18 heavy (non-hydrogen) atoms. The van der Waals surface area contributed by atoms with Crippen LogP contribution >= 0.6 is 11.6 Å². The van der Waals surface area contributed by atoms with Crippen molar-refractivity contribution in [3.8, 4) is 11.6 Å². The molecule has 0 aliphatic rings. The summed E-state index contributed by atoms with van der Waals surface area (Å²) in [6.45, 7) is 4.04. The maximum absolute atomic E-state index is 5.93. The van der Waals surface area contributed by atoms with Gasteiger partial charge in [0.2, 0.25) is 11.8 Å². The average Bonchev–Trinajstić information content (AvgIpc) is 2.81. The summed E-state index contributed by atoms with van der Waals surface area (Å²) in [6.07, 6.45) is 4.76. The van der Waals surface area contributed by atoms with Crippen LogP contribution < -0.4 is 16.0 Å². The van der Waals surface area contributed by atoms with Crippen LogP contribution in [0.2, 0.25) is 5.02 Å². The van der Waals surface area contributed by atoms with Crippen LogP contribution in [0, 0.1) is 0 Å². The molecule has 0 radical (unpaired) electrons. The Labute approximate surface area is 109 Å². The first-order chi connectivity index (χ1) is 8.60. The van der Waals surface area contributed by atoms with Crippen LogP contribution in [0.3, 0.4) is 0 Å². The highest BCUT2D eigenvalue weighted by Gasteiger charge is 2.09. The van der Waals surface area contributed by atoms with E-state index in [1.807, 2.05) is 13.8 Å². The molecule has 0 aliphatic carbocycles. The standard InChI is InChI=1S/C10H13ClN6O/c1-6(2)17-5-7(3-14-17)18-9-8(11)4-13-10(15-9)16-12/h3-6H,12H2,1-2H3,(H,13,15,16). The van der Waals surface area contributed by atoms with Gasteiger partial charge in [0.25, 0.3) is 0 Å². The van der Waals surface area contributed by atoms with Crippen molar-refractivity contribution in [2.24, 2.45) is 5.84 Å². The molecule has 0 aromatic carbocycles. The third kappa shape index (κ3) is 2.69. The molecule has 2 rings (SSSR count). The number of nitrogen functional groups attached to an aromatic ring is 1. The molecule has 0 spiro atoms. The third-order valence-electron chi connectivity index (χ3n) is 2.16. The summed E-state index contributed by atoms with van der Waals surface area (Å²) in [5, 5.41) is 4.45. The molecule has 0 fully saturated rings. The van der Waals surface area contributed by atoms with E-state index in [1.165, 1.54) is 6.20 Å². The number of aromatic nitrogens is 4. The summed E-state index contributed by atoms with van der Waals surface area (Å²) in [7, 11) is 0. The van der Waals surface area contributed by atoms with E-state index in [0.29, 0.717) is 10.8 Å². The zero-order valence-corrected chi connectivity index (χ0v) is 10.7. The number of hydrazine groups is 1. The van der Waals surface area contributed by atoms with Gasteiger partial charge in [-0.1, -0.05) is 11.6 Å². The second-order valence-electron chi connectivity index (χ2n) is 3.84. The van der Waals surface area contributed by atoms with Crippen LogP contribution in [0.4, 0.5) is 5.95 Å². The van der Waals surface area contributed by atoms with Gasteiger partial charge in [-0.2, -0.15) is 10.1 Å². The normalized spacial score (nSPS) is 10.7. The number of halogens is 1. The first-order valence-corrected chi connectivity index (χ1v) is 5.69. The van der Waals surface area contributed by atoms with E-state index in [-0.39, 0.29) is 17.9 Å². The summed E-state index contributed by atoms with van der Waals surface area (Å²) >= 11 is 5.93. The van der Waals surface area contributed by atoms with Crippen LogP contribution in [0.15, 0.2) is 18.6 Å². The van der Waals surface area contributed by atoms with Crippen molar-refractivity contribution >= 4 is 17.5 Å². The van der Waals surface area contributed by atoms with Crippen molar-refractivity contribution in [2.45, 2.75) is 19.9 Å². The van der Waals surface area contributed by atoms with Crippen molar-refractivity contribution in [2.75, 3.05) is 5.43 Å². The lowest BCUT2D eigenvalue weighted by molar-refractivity contribution is 0.458. The Kier molecular flexibility index (Phi) is 3.63. The highest BCUT2D eigenvalue weighted by atomic mass is 35.5.